The van der Waals surface area contributed by atoms with Gasteiger partial charge in [0.2, 0.25) is 0 Å². The third-order valence-electron chi connectivity index (χ3n) is 2.45. The Morgan fingerprint density at radius 1 is 1.39 bits per heavy atom. The van der Waals surface area contributed by atoms with Crippen LogP contribution >= 0.6 is 11.6 Å². The fourth-order valence-corrected chi connectivity index (χ4v) is 2.03. The first-order chi connectivity index (χ1) is 8.20. The highest BCUT2D eigenvalue weighted by atomic mass is 35.5. The summed E-state index contributed by atoms with van der Waals surface area (Å²) in [4.78, 5) is 1.14. The van der Waals surface area contributed by atoms with Gasteiger partial charge in [-0.3, -0.25) is 0 Å². The Bertz CT molecular complexity index is 405. The maximum atomic E-state index is 12.4. The number of anilines is 1. The van der Waals surface area contributed by atoms with E-state index in [2.05, 4.69) is 0 Å². The number of alkyl halides is 3. The maximum absolute atomic E-state index is 12.4. The molecule has 0 fully saturated rings. The van der Waals surface area contributed by atoms with E-state index in [1.165, 1.54) is 7.05 Å². The standard InChI is InChI=1S/C12H16ClF3N2/c1-8(17)6-9-10(13)4-3-5-11(9)18(2)7-12(14,15)16/h3-5,8H,6-7,17H2,1-2H3. The predicted octanol–water partition coefficient (Wildman–Crippen LogP) is 3.23. The number of rotatable bonds is 4. The van der Waals surface area contributed by atoms with Crippen LogP contribution in [0.25, 0.3) is 0 Å². The summed E-state index contributed by atoms with van der Waals surface area (Å²) < 4.78 is 37.2. The molecular weight excluding hydrogens is 265 g/mol. The van der Waals surface area contributed by atoms with Crippen molar-refractivity contribution in [2.24, 2.45) is 5.73 Å². The lowest BCUT2D eigenvalue weighted by molar-refractivity contribution is -0.119. The number of halogens is 4. The van der Waals surface area contributed by atoms with E-state index in [9.17, 15) is 13.2 Å². The van der Waals surface area contributed by atoms with Crippen LogP contribution in [0.5, 0.6) is 0 Å². The van der Waals surface area contributed by atoms with E-state index in [1.54, 1.807) is 25.1 Å². The minimum Gasteiger partial charge on any atom is -0.365 e. The SMILES string of the molecule is CC(N)Cc1c(Cl)cccc1N(C)CC(F)(F)F. The van der Waals surface area contributed by atoms with Crippen molar-refractivity contribution in [3.8, 4) is 0 Å². The Balaban J connectivity index is 3.03. The van der Waals surface area contributed by atoms with Crippen LogP contribution in [0.15, 0.2) is 18.2 Å². The van der Waals surface area contributed by atoms with Gasteiger partial charge in [0.15, 0.2) is 0 Å². The van der Waals surface area contributed by atoms with Crippen LogP contribution in [-0.4, -0.2) is 25.8 Å². The molecule has 0 heterocycles. The Morgan fingerprint density at radius 3 is 2.50 bits per heavy atom. The van der Waals surface area contributed by atoms with Crippen LogP contribution in [0.2, 0.25) is 5.02 Å². The van der Waals surface area contributed by atoms with Crippen LogP contribution in [0.1, 0.15) is 12.5 Å². The quantitative estimate of drug-likeness (QED) is 0.917. The fourth-order valence-electron chi connectivity index (χ4n) is 1.78. The number of nitrogens with zero attached hydrogens (tertiary/aromatic N) is 1. The summed E-state index contributed by atoms with van der Waals surface area (Å²) in [6.45, 7) is 0.774. The summed E-state index contributed by atoms with van der Waals surface area (Å²) in [5.74, 6) is 0. The second-order valence-corrected chi connectivity index (χ2v) is 4.80. The van der Waals surface area contributed by atoms with Gasteiger partial charge >= 0.3 is 6.18 Å². The normalized spacial score (nSPS) is 13.5. The molecule has 1 unspecified atom stereocenters. The monoisotopic (exact) mass is 280 g/mol. The van der Waals surface area contributed by atoms with Crippen LogP contribution in [0.4, 0.5) is 18.9 Å². The zero-order chi connectivity index (χ0) is 13.9. The van der Waals surface area contributed by atoms with Crippen LogP contribution in [0, 0.1) is 0 Å². The Morgan fingerprint density at radius 2 is 2.00 bits per heavy atom. The second-order valence-electron chi connectivity index (χ2n) is 4.39. The molecule has 18 heavy (non-hydrogen) atoms. The molecule has 0 aliphatic rings. The molecule has 0 aromatic heterocycles. The van der Waals surface area contributed by atoms with Crippen LogP contribution < -0.4 is 10.6 Å². The second kappa shape index (κ2) is 5.80. The van der Waals surface area contributed by atoms with Gasteiger partial charge < -0.3 is 10.6 Å². The summed E-state index contributed by atoms with van der Waals surface area (Å²) in [7, 11) is 1.39. The lowest BCUT2D eigenvalue weighted by Gasteiger charge is -2.25. The summed E-state index contributed by atoms with van der Waals surface area (Å²) in [6.07, 6.45) is -3.81. The molecule has 2 N–H and O–H groups in total. The van der Waals surface area contributed by atoms with Crippen LogP contribution in [-0.2, 0) is 6.42 Å². The molecule has 102 valence electrons. The molecule has 1 rings (SSSR count). The number of nitrogens with two attached hydrogens (primary N) is 1. The van der Waals surface area contributed by atoms with Gasteiger partial charge in [-0.1, -0.05) is 17.7 Å². The summed E-state index contributed by atoms with van der Waals surface area (Å²) in [6, 6.07) is 4.75. The summed E-state index contributed by atoms with van der Waals surface area (Å²) >= 11 is 6.03. The molecule has 0 radical (unpaired) electrons. The molecule has 1 atom stereocenters. The molecule has 0 bridgehead atoms. The predicted molar refractivity (Wildman–Crippen MR) is 68.1 cm³/mol. The van der Waals surface area contributed by atoms with E-state index in [1.807, 2.05) is 0 Å². The highest BCUT2D eigenvalue weighted by molar-refractivity contribution is 6.31. The van der Waals surface area contributed by atoms with Crippen molar-refractivity contribution in [2.75, 3.05) is 18.5 Å². The molecule has 2 nitrogen and oxygen atoms in total. The number of hydrogen-bond donors (Lipinski definition) is 1. The third-order valence-corrected chi connectivity index (χ3v) is 2.80. The maximum Gasteiger partial charge on any atom is 0.405 e. The van der Waals surface area contributed by atoms with E-state index in [-0.39, 0.29) is 6.04 Å². The molecule has 0 aliphatic carbocycles. The summed E-state index contributed by atoms with van der Waals surface area (Å²) in [5.41, 5.74) is 6.81. The first-order valence-electron chi connectivity index (χ1n) is 5.51. The molecule has 0 saturated carbocycles. The van der Waals surface area contributed by atoms with Crippen molar-refractivity contribution < 1.29 is 13.2 Å². The molecule has 1 aromatic carbocycles. The average molecular weight is 281 g/mol. The number of hydrogen-bond acceptors (Lipinski definition) is 2. The molecule has 0 spiro atoms. The molecule has 0 aliphatic heterocycles. The van der Waals surface area contributed by atoms with Gasteiger partial charge in [-0.25, -0.2) is 0 Å². The highest BCUT2D eigenvalue weighted by Crippen LogP contribution is 2.29. The van der Waals surface area contributed by atoms with Gasteiger partial charge in [0, 0.05) is 23.8 Å². The lowest BCUT2D eigenvalue weighted by Crippen LogP contribution is -2.32. The van der Waals surface area contributed by atoms with Crippen molar-refractivity contribution in [1.82, 2.24) is 0 Å². The average Bonchev–Trinajstić information content (AvgIpc) is 2.17. The van der Waals surface area contributed by atoms with E-state index < -0.39 is 12.7 Å². The topological polar surface area (TPSA) is 29.3 Å². The van der Waals surface area contributed by atoms with E-state index in [0.29, 0.717) is 22.7 Å². The highest BCUT2D eigenvalue weighted by Gasteiger charge is 2.30. The number of benzene rings is 1. The Labute approximate surface area is 110 Å². The van der Waals surface area contributed by atoms with Gasteiger partial charge in [-0.15, -0.1) is 0 Å². The first-order valence-corrected chi connectivity index (χ1v) is 5.89. The van der Waals surface area contributed by atoms with Crippen molar-refractivity contribution >= 4 is 17.3 Å². The molecule has 0 amide bonds. The van der Waals surface area contributed by atoms with Gasteiger partial charge in [0.1, 0.15) is 6.54 Å². The van der Waals surface area contributed by atoms with E-state index in [4.69, 9.17) is 17.3 Å². The largest absolute Gasteiger partial charge is 0.405 e. The minimum atomic E-state index is -4.25. The Hall–Kier alpha value is -0.940. The third kappa shape index (κ3) is 4.38. The van der Waals surface area contributed by atoms with E-state index >= 15 is 0 Å². The van der Waals surface area contributed by atoms with Gasteiger partial charge in [0.25, 0.3) is 0 Å². The first kappa shape index (κ1) is 15.1. The van der Waals surface area contributed by atoms with Gasteiger partial charge in [-0.2, -0.15) is 13.2 Å². The molecule has 1 aromatic rings. The van der Waals surface area contributed by atoms with Gasteiger partial charge in [-0.05, 0) is 31.0 Å². The van der Waals surface area contributed by atoms with E-state index in [0.717, 1.165) is 4.90 Å². The minimum absolute atomic E-state index is 0.164. The Kier molecular flexibility index (Phi) is 4.87. The van der Waals surface area contributed by atoms with Crippen molar-refractivity contribution in [2.45, 2.75) is 25.6 Å². The van der Waals surface area contributed by atoms with Crippen molar-refractivity contribution in [3.05, 3.63) is 28.8 Å². The molecule has 6 heteroatoms. The van der Waals surface area contributed by atoms with Gasteiger partial charge in [0.05, 0.1) is 0 Å². The zero-order valence-electron chi connectivity index (χ0n) is 10.3. The van der Waals surface area contributed by atoms with Crippen molar-refractivity contribution in [1.29, 1.82) is 0 Å². The summed E-state index contributed by atoms with van der Waals surface area (Å²) in [5, 5.41) is 0.443. The van der Waals surface area contributed by atoms with Crippen LogP contribution in [0.3, 0.4) is 0 Å². The smallest absolute Gasteiger partial charge is 0.365 e. The lowest BCUT2D eigenvalue weighted by atomic mass is 10.0. The fraction of sp³-hybridized carbons (Fsp3) is 0.500. The molecular formula is C12H16ClF3N2. The molecule has 0 saturated heterocycles. The van der Waals surface area contributed by atoms with Crippen molar-refractivity contribution in [3.63, 3.8) is 0 Å². The zero-order valence-corrected chi connectivity index (χ0v) is 11.0.